The fraction of sp³-hybridized carbons (Fsp3) is 0.308. The van der Waals surface area contributed by atoms with Crippen molar-refractivity contribution in [2.24, 2.45) is 0 Å². The third kappa shape index (κ3) is 4.49. The van der Waals surface area contributed by atoms with E-state index in [4.69, 9.17) is 16.3 Å². The van der Waals surface area contributed by atoms with E-state index in [0.29, 0.717) is 17.3 Å². The molecule has 0 aliphatic heterocycles. The van der Waals surface area contributed by atoms with Gasteiger partial charge in [-0.3, -0.25) is 4.79 Å². The van der Waals surface area contributed by atoms with Crippen molar-refractivity contribution < 1.29 is 9.53 Å². The molecule has 1 N–H and O–H groups in total. The number of halogens is 1. The molecule has 0 spiro atoms. The summed E-state index contributed by atoms with van der Waals surface area (Å²) >= 11 is 5.99. The molecule has 3 nitrogen and oxygen atoms in total. The molecule has 92 valence electrons. The van der Waals surface area contributed by atoms with Crippen LogP contribution >= 0.6 is 11.6 Å². The van der Waals surface area contributed by atoms with Gasteiger partial charge >= 0.3 is 0 Å². The van der Waals surface area contributed by atoms with Crippen LogP contribution in [0.25, 0.3) is 0 Å². The van der Waals surface area contributed by atoms with Gasteiger partial charge in [-0.15, -0.1) is 0 Å². The van der Waals surface area contributed by atoms with Crippen LogP contribution < -0.4 is 10.1 Å². The lowest BCUT2D eigenvalue weighted by molar-refractivity contribution is -0.116. The summed E-state index contributed by atoms with van der Waals surface area (Å²) in [6.45, 7) is 5.81. The molecule has 0 aliphatic carbocycles. The van der Waals surface area contributed by atoms with Gasteiger partial charge in [0.2, 0.25) is 5.91 Å². The molecule has 0 aromatic heterocycles. The minimum atomic E-state index is -0.203. The van der Waals surface area contributed by atoms with Crippen molar-refractivity contribution in [2.45, 2.75) is 19.4 Å². The van der Waals surface area contributed by atoms with Crippen molar-refractivity contribution in [1.82, 2.24) is 5.32 Å². The highest BCUT2D eigenvalue weighted by molar-refractivity contribution is 6.32. The highest BCUT2D eigenvalue weighted by Crippen LogP contribution is 2.24. The van der Waals surface area contributed by atoms with Gasteiger partial charge in [0.15, 0.2) is 0 Å². The predicted molar refractivity (Wildman–Crippen MR) is 69.4 cm³/mol. The first-order valence-corrected chi connectivity index (χ1v) is 5.86. The van der Waals surface area contributed by atoms with Crippen molar-refractivity contribution in [2.75, 3.05) is 6.54 Å². The number of carbonyl (C=O) groups is 1. The lowest BCUT2D eigenvalue weighted by Gasteiger charge is -2.18. The fourth-order valence-corrected chi connectivity index (χ4v) is 1.46. The maximum Gasteiger partial charge on any atom is 0.243 e. The second kappa shape index (κ2) is 6.97. The summed E-state index contributed by atoms with van der Waals surface area (Å²) in [5.41, 5.74) is 0. The van der Waals surface area contributed by atoms with Gasteiger partial charge in [0.05, 0.1) is 11.6 Å². The van der Waals surface area contributed by atoms with E-state index < -0.39 is 0 Å². The molecule has 1 rings (SSSR count). The summed E-state index contributed by atoms with van der Waals surface area (Å²) in [4.78, 5) is 11.0. The zero-order valence-corrected chi connectivity index (χ0v) is 10.5. The van der Waals surface area contributed by atoms with E-state index in [1.54, 1.807) is 12.1 Å². The van der Waals surface area contributed by atoms with Gasteiger partial charge in [-0.25, -0.2) is 0 Å². The van der Waals surface area contributed by atoms with Gasteiger partial charge in [-0.1, -0.05) is 37.2 Å². The van der Waals surface area contributed by atoms with Crippen molar-refractivity contribution in [3.05, 3.63) is 41.9 Å². The van der Waals surface area contributed by atoms with Gasteiger partial charge in [-0.05, 0) is 24.6 Å². The molecule has 1 aromatic carbocycles. The third-order valence-electron chi connectivity index (χ3n) is 2.27. The van der Waals surface area contributed by atoms with Crippen molar-refractivity contribution >= 4 is 17.5 Å². The zero-order valence-electron chi connectivity index (χ0n) is 9.78. The second-order valence-corrected chi connectivity index (χ2v) is 3.94. The Morgan fingerprint density at radius 1 is 1.59 bits per heavy atom. The normalized spacial score (nSPS) is 11.6. The number of hydrogen-bond acceptors (Lipinski definition) is 2. The van der Waals surface area contributed by atoms with Gasteiger partial charge in [-0.2, -0.15) is 0 Å². The predicted octanol–water partition coefficient (Wildman–Crippen LogP) is 2.80. The van der Waals surface area contributed by atoms with E-state index in [1.807, 2.05) is 19.1 Å². The smallest absolute Gasteiger partial charge is 0.243 e. The summed E-state index contributed by atoms with van der Waals surface area (Å²) in [5, 5.41) is 3.27. The SMILES string of the molecule is C=CC(=O)NCC(CC)Oc1ccccc1Cl. The maximum atomic E-state index is 11.0. The number of para-hydroxylation sites is 1. The van der Waals surface area contributed by atoms with E-state index in [0.717, 1.165) is 6.42 Å². The molecule has 0 heterocycles. The Labute approximate surface area is 106 Å². The molecule has 1 aromatic rings. The lowest BCUT2D eigenvalue weighted by atomic mass is 10.2. The van der Waals surface area contributed by atoms with Crippen LogP contribution in [0.2, 0.25) is 5.02 Å². The van der Waals surface area contributed by atoms with Crippen LogP contribution in [0.5, 0.6) is 5.75 Å². The standard InChI is InChI=1S/C13H16ClNO2/c1-3-10(9-15-13(16)4-2)17-12-8-6-5-7-11(12)14/h4-8,10H,2-3,9H2,1H3,(H,15,16). The highest BCUT2D eigenvalue weighted by Gasteiger charge is 2.10. The van der Waals surface area contributed by atoms with Crippen molar-refractivity contribution in [3.8, 4) is 5.75 Å². The summed E-state index contributed by atoms with van der Waals surface area (Å²) < 4.78 is 5.71. The number of ether oxygens (including phenoxy) is 1. The monoisotopic (exact) mass is 253 g/mol. The Balaban J connectivity index is 2.55. The molecule has 0 fully saturated rings. The summed E-state index contributed by atoms with van der Waals surface area (Å²) in [6.07, 6.45) is 1.92. The van der Waals surface area contributed by atoms with Crippen LogP contribution in [-0.4, -0.2) is 18.6 Å². The fourth-order valence-electron chi connectivity index (χ4n) is 1.28. The number of benzene rings is 1. The topological polar surface area (TPSA) is 38.3 Å². The molecule has 0 saturated heterocycles. The summed E-state index contributed by atoms with van der Waals surface area (Å²) in [5.74, 6) is 0.431. The second-order valence-electron chi connectivity index (χ2n) is 3.53. The quantitative estimate of drug-likeness (QED) is 0.792. The zero-order chi connectivity index (χ0) is 12.7. The van der Waals surface area contributed by atoms with E-state index in [1.165, 1.54) is 6.08 Å². The first-order valence-electron chi connectivity index (χ1n) is 5.48. The maximum absolute atomic E-state index is 11.0. The van der Waals surface area contributed by atoms with E-state index in [9.17, 15) is 4.79 Å². The molecule has 17 heavy (non-hydrogen) atoms. The van der Waals surface area contributed by atoms with Crippen LogP contribution in [0.1, 0.15) is 13.3 Å². The number of hydrogen-bond donors (Lipinski definition) is 1. The largest absolute Gasteiger partial charge is 0.487 e. The third-order valence-corrected chi connectivity index (χ3v) is 2.59. The van der Waals surface area contributed by atoms with Gasteiger partial charge in [0.25, 0.3) is 0 Å². The molecule has 0 radical (unpaired) electrons. The van der Waals surface area contributed by atoms with Crippen LogP contribution in [0.4, 0.5) is 0 Å². The number of rotatable bonds is 6. The number of carbonyl (C=O) groups excluding carboxylic acids is 1. The number of nitrogens with one attached hydrogen (secondary N) is 1. The Bertz CT molecular complexity index is 393. The average Bonchev–Trinajstić information content (AvgIpc) is 2.36. The molecule has 0 aliphatic rings. The Kier molecular flexibility index (Phi) is 5.57. The molecule has 1 atom stereocenters. The summed E-state index contributed by atoms with van der Waals surface area (Å²) in [7, 11) is 0. The van der Waals surface area contributed by atoms with Crippen LogP contribution in [0.3, 0.4) is 0 Å². The Morgan fingerprint density at radius 3 is 2.88 bits per heavy atom. The van der Waals surface area contributed by atoms with E-state index in [-0.39, 0.29) is 12.0 Å². The van der Waals surface area contributed by atoms with Crippen LogP contribution in [-0.2, 0) is 4.79 Å². The van der Waals surface area contributed by atoms with Gasteiger partial charge in [0, 0.05) is 0 Å². The van der Waals surface area contributed by atoms with E-state index in [2.05, 4.69) is 11.9 Å². The molecular weight excluding hydrogens is 238 g/mol. The summed E-state index contributed by atoms with van der Waals surface area (Å²) in [6, 6.07) is 7.28. The minimum absolute atomic E-state index is 0.0983. The van der Waals surface area contributed by atoms with Gasteiger partial charge < -0.3 is 10.1 Å². The Morgan fingerprint density at radius 2 is 2.29 bits per heavy atom. The Hall–Kier alpha value is -1.48. The molecular formula is C13H16ClNO2. The molecule has 0 saturated carbocycles. The molecule has 1 amide bonds. The van der Waals surface area contributed by atoms with Crippen LogP contribution in [0.15, 0.2) is 36.9 Å². The van der Waals surface area contributed by atoms with Crippen molar-refractivity contribution in [3.63, 3.8) is 0 Å². The van der Waals surface area contributed by atoms with Crippen molar-refractivity contribution in [1.29, 1.82) is 0 Å². The first kappa shape index (κ1) is 13.6. The average molecular weight is 254 g/mol. The van der Waals surface area contributed by atoms with Gasteiger partial charge in [0.1, 0.15) is 11.9 Å². The minimum Gasteiger partial charge on any atom is -0.487 e. The molecule has 4 heteroatoms. The lowest BCUT2D eigenvalue weighted by Crippen LogP contribution is -2.34. The number of amides is 1. The highest BCUT2D eigenvalue weighted by atomic mass is 35.5. The van der Waals surface area contributed by atoms with Crippen LogP contribution in [0, 0.1) is 0 Å². The molecule has 0 bridgehead atoms. The molecule has 1 unspecified atom stereocenters. The first-order chi connectivity index (χ1) is 8.17. The van der Waals surface area contributed by atoms with E-state index >= 15 is 0 Å².